The van der Waals surface area contributed by atoms with Crippen LogP contribution < -0.4 is 0 Å². The van der Waals surface area contributed by atoms with E-state index in [2.05, 4.69) is 0 Å². The van der Waals surface area contributed by atoms with Gasteiger partial charge in [0.05, 0.1) is 48.8 Å². The highest BCUT2D eigenvalue weighted by Gasteiger charge is 2.63. The van der Waals surface area contributed by atoms with Crippen molar-refractivity contribution in [2.45, 2.75) is 186 Å². The molecule has 4 nitrogen and oxygen atoms in total. The van der Waals surface area contributed by atoms with Crippen molar-refractivity contribution >= 4 is 15.8 Å². The van der Waals surface area contributed by atoms with Gasteiger partial charge in [-0.3, -0.25) is 0 Å². The Morgan fingerprint density at radius 2 is 0.722 bits per heavy atom. The van der Waals surface area contributed by atoms with Crippen LogP contribution in [0.5, 0.6) is 0 Å². The van der Waals surface area contributed by atoms with Crippen LogP contribution in [-0.4, -0.2) is 82.8 Å². The fraction of sp³-hybridized carbons (Fsp3) is 1.00. The van der Waals surface area contributed by atoms with Crippen molar-refractivity contribution in [3.8, 4) is 0 Å². The normalized spacial score (nSPS) is 61.3. The molecule has 0 bridgehead atoms. The van der Waals surface area contributed by atoms with Crippen LogP contribution in [0.25, 0.3) is 0 Å². The highest BCUT2D eigenvalue weighted by molar-refractivity contribution is 7.61. The smallest absolute Gasteiger partial charge is 0.0671 e. The van der Waals surface area contributed by atoms with Gasteiger partial charge in [-0.05, 0) is 70.6 Å². The SMILES string of the molecule is C1CCC2C(C1)OC1CCCC3OC4CC5OC6CCCC7OC8CCCCC8P(C5CC4P2C13)C76. The molecule has 4 heterocycles. The van der Waals surface area contributed by atoms with Gasteiger partial charge in [0.15, 0.2) is 0 Å². The highest BCUT2D eigenvalue weighted by Crippen LogP contribution is 2.73. The molecule has 200 valence electrons. The number of rotatable bonds is 0. The first-order valence-electron chi connectivity index (χ1n) is 16.0. The van der Waals surface area contributed by atoms with E-state index in [1.54, 1.807) is 0 Å². The van der Waals surface area contributed by atoms with Gasteiger partial charge < -0.3 is 18.9 Å². The molecular formula is C30H46O4P2. The summed E-state index contributed by atoms with van der Waals surface area (Å²) < 4.78 is 28.1. The standard InChI is InChI=1S/C30H46O4P2/c1-3-13-25-17(7-1)31-19-9-5-11-21-29(19)35(25)27-16-28-24(15-23(27)33-21)34-22-12-6-10-20-30(22)36(28)26-14-4-2-8-18(26)32-20/h17-30H,1-16H2. The third kappa shape index (κ3) is 3.46. The second-order valence-electron chi connectivity index (χ2n) is 13.9. The predicted molar refractivity (Wildman–Crippen MR) is 145 cm³/mol. The van der Waals surface area contributed by atoms with E-state index in [1.165, 1.54) is 103 Å². The zero-order valence-electron chi connectivity index (χ0n) is 21.9. The lowest BCUT2D eigenvalue weighted by molar-refractivity contribution is -0.152. The second kappa shape index (κ2) is 9.11. The molecule has 4 aliphatic heterocycles. The third-order valence-corrected chi connectivity index (χ3v) is 20.3. The monoisotopic (exact) mass is 532 g/mol. The molecule has 5 aliphatic carbocycles. The molecule has 5 saturated carbocycles. The molecule has 9 rings (SSSR count). The van der Waals surface area contributed by atoms with Gasteiger partial charge in [-0.2, -0.15) is 0 Å². The summed E-state index contributed by atoms with van der Waals surface area (Å²) >= 11 is 0. The average Bonchev–Trinajstić information content (AvgIpc) is 2.92. The van der Waals surface area contributed by atoms with Crippen LogP contribution in [0.2, 0.25) is 0 Å². The van der Waals surface area contributed by atoms with Crippen molar-refractivity contribution in [1.29, 1.82) is 0 Å². The summed E-state index contributed by atoms with van der Waals surface area (Å²) in [5.74, 6) is 0. The van der Waals surface area contributed by atoms with Crippen molar-refractivity contribution in [3.63, 3.8) is 0 Å². The Morgan fingerprint density at radius 3 is 1.19 bits per heavy atom. The molecular weight excluding hydrogens is 486 g/mol. The summed E-state index contributed by atoms with van der Waals surface area (Å²) in [6, 6.07) is 0. The van der Waals surface area contributed by atoms with Crippen molar-refractivity contribution < 1.29 is 18.9 Å². The van der Waals surface area contributed by atoms with E-state index in [0.29, 0.717) is 48.8 Å². The first kappa shape index (κ1) is 23.4. The Balaban J connectivity index is 1.08. The molecule has 4 saturated heterocycles. The van der Waals surface area contributed by atoms with E-state index >= 15 is 0 Å². The van der Waals surface area contributed by atoms with Crippen molar-refractivity contribution in [2.75, 3.05) is 0 Å². The van der Waals surface area contributed by atoms with Gasteiger partial charge in [-0.1, -0.05) is 41.5 Å². The molecule has 6 heteroatoms. The molecule has 0 spiro atoms. The minimum absolute atomic E-state index is 0.00864. The van der Waals surface area contributed by atoms with E-state index in [0.717, 1.165) is 34.0 Å². The van der Waals surface area contributed by atoms with Crippen LogP contribution in [-0.2, 0) is 18.9 Å². The number of hydrogen-bond donors (Lipinski definition) is 0. The van der Waals surface area contributed by atoms with E-state index in [9.17, 15) is 0 Å². The van der Waals surface area contributed by atoms with Crippen LogP contribution in [0.3, 0.4) is 0 Å². The van der Waals surface area contributed by atoms with Gasteiger partial charge in [0.25, 0.3) is 0 Å². The maximum atomic E-state index is 7.14. The van der Waals surface area contributed by atoms with Gasteiger partial charge in [-0.15, -0.1) is 0 Å². The van der Waals surface area contributed by atoms with Gasteiger partial charge in [-0.25, -0.2) is 0 Å². The maximum absolute atomic E-state index is 7.14. The predicted octanol–water partition coefficient (Wildman–Crippen LogP) is 6.54. The summed E-state index contributed by atoms with van der Waals surface area (Å²) in [5.41, 5.74) is 4.88. The molecule has 9 aliphatic rings. The quantitative estimate of drug-likeness (QED) is 0.332. The lowest BCUT2D eigenvalue weighted by atomic mass is 9.87. The van der Waals surface area contributed by atoms with E-state index < -0.39 is 0 Å². The van der Waals surface area contributed by atoms with Crippen molar-refractivity contribution in [1.82, 2.24) is 0 Å². The summed E-state index contributed by atoms with van der Waals surface area (Å²) in [6.45, 7) is 0. The second-order valence-corrected chi connectivity index (χ2v) is 19.5. The molecule has 0 aromatic rings. The fourth-order valence-corrected chi connectivity index (χ4v) is 20.6. The molecule has 16 unspecified atom stereocenters. The molecule has 9 fully saturated rings. The van der Waals surface area contributed by atoms with E-state index in [-0.39, 0.29) is 15.8 Å². The van der Waals surface area contributed by atoms with Crippen LogP contribution >= 0.6 is 15.8 Å². The Morgan fingerprint density at radius 1 is 0.333 bits per heavy atom. The van der Waals surface area contributed by atoms with E-state index in [4.69, 9.17) is 18.9 Å². The molecule has 0 N–H and O–H groups in total. The van der Waals surface area contributed by atoms with Crippen molar-refractivity contribution in [3.05, 3.63) is 0 Å². The van der Waals surface area contributed by atoms with Gasteiger partial charge in [0.1, 0.15) is 0 Å². The van der Waals surface area contributed by atoms with Gasteiger partial charge in [0.2, 0.25) is 0 Å². The zero-order chi connectivity index (χ0) is 23.4. The average molecular weight is 533 g/mol. The number of ether oxygens (including phenoxy) is 4. The summed E-state index contributed by atoms with van der Waals surface area (Å²) in [4.78, 5) is 0. The molecule has 36 heavy (non-hydrogen) atoms. The summed E-state index contributed by atoms with van der Waals surface area (Å²) in [7, 11) is -0.0173. The lowest BCUT2D eigenvalue weighted by Gasteiger charge is -2.65. The Kier molecular flexibility index (Phi) is 5.92. The fourth-order valence-electron chi connectivity index (χ4n) is 11.0. The minimum atomic E-state index is -0.00864. The molecule has 0 aromatic heterocycles. The molecule has 16 atom stereocenters. The Bertz CT molecular complexity index is 791. The minimum Gasteiger partial charge on any atom is -0.374 e. The Labute approximate surface area is 220 Å². The number of hydrogen-bond acceptors (Lipinski definition) is 4. The molecule has 0 aromatic carbocycles. The van der Waals surface area contributed by atoms with Crippen LogP contribution in [0, 0.1) is 0 Å². The Hall–Kier alpha value is 0.700. The lowest BCUT2D eigenvalue weighted by Crippen LogP contribution is -2.65. The van der Waals surface area contributed by atoms with Crippen LogP contribution in [0.1, 0.15) is 103 Å². The highest BCUT2D eigenvalue weighted by atomic mass is 31.1. The van der Waals surface area contributed by atoms with Gasteiger partial charge >= 0.3 is 0 Å². The summed E-state index contributed by atoms with van der Waals surface area (Å²) in [6.07, 6.45) is 25.8. The van der Waals surface area contributed by atoms with E-state index in [1.807, 2.05) is 0 Å². The first-order chi connectivity index (χ1) is 17.8. The number of fused-ring (bicyclic) bond motifs is 8. The molecule has 0 amide bonds. The van der Waals surface area contributed by atoms with Crippen molar-refractivity contribution in [2.24, 2.45) is 0 Å². The van der Waals surface area contributed by atoms with Crippen LogP contribution in [0.4, 0.5) is 0 Å². The molecule has 0 radical (unpaired) electrons. The summed E-state index contributed by atoms with van der Waals surface area (Å²) in [5, 5.41) is 0. The zero-order valence-corrected chi connectivity index (χ0v) is 23.7. The maximum Gasteiger partial charge on any atom is 0.0671 e. The first-order valence-corrected chi connectivity index (χ1v) is 19.1. The third-order valence-electron chi connectivity index (χ3n) is 12.2. The van der Waals surface area contributed by atoms with Gasteiger partial charge in [0, 0.05) is 40.4 Å². The largest absolute Gasteiger partial charge is 0.374 e. The van der Waals surface area contributed by atoms with Crippen LogP contribution in [0.15, 0.2) is 0 Å². The topological polar surface area (TPSA) is 36.9 Å².